The molecule has 31 heavy (non-hydrogen) atoms. The fourth-order valence-electron chi connectivity index (χ4n) is 4.14. The molecule has 2 N–H and O–H groups in total. The Morgan fingerprint density at radius 3 is 2.74 bits per heavy atom. The van der Waals surface area contributed by atoms with Crippen LogP contribution in [-0.4, -0.2) is 40.2 Å². The van der Waals surface area contributed by atoms with E-state index in [1.165, 1.54) is 11.0 Å². The lowest BCUT2D eigenvalue weighted by Gasteiger charge is -2.29. The summed E-state index contributed by atoms with van der Waals surface area (Å²) in [6, 6.07) is 4.78. The molecule has 1 aromatic carbocycles. The van der Waals surface area contributed by atoms with Crippen LogP contribution in [0.2, 0.25) is 0 Å². The summed E-state index contributed by atoms with van der Waals surface area (Å²) in [5, 5.41) is 4.07. The molecule has 1 aromatic heterocycles. The summed E-state index contributed by atoms with van der Waals surface area (Å²) in [6.07, 6.45) is -2.59. The van der Waals surface area contributed by atoms with E-state index < -0.39 is 43.4 Å². The van der Waals surface area contributed by atoms with Crippen molar-refractivity contribution in [2.75, 3.05) is 13.6 Å². The summed E-state index contributed by atoms with van der Waals surface area (Å²) < 4.78 is 68.5. The molecule has 0 bridgehead atoms. The van der Waals surface area contributed by atoms with Crippen LogP contribution in [0.1, 0.15) is 57.8 Å². The summed E-state index contributed by atoms with van der Waals surface area (Å²) in [5.41, 5.74) is 6.81. The van der Waals surface area contributed by atoms with Gasteiger partial charge in [0, 0.05) is 18.5 Å². The Hall–Kier alpha value is -2.26. The summed E-state index contributed by atoms with van der Waals surface area (Å²) in [5.74, 6) is -0.385. The van der Waals surface area contributed by atoms with Crippen LogP contribution in [-0.2, 0) is 17.5 Å². The molecule has 170 valence electrons. The van der Waals surface area contributed by atoms with Gasteiger partial charge in [0.15, 0.2) is 0 Å². The first-order chi connectivity index (χ1) is 15.3. The first kappa shape index (κ1) is 19.4. The molecule has 0 unspecified atom stereocenters. The van der Waals surface area contributed by atoms with E-state index in [4.69, 9.17) is 14.6 Å². The zero-order valence-electron chi connectivity index (χ0n) is 19.9. The number of nitrogens with two attached hydrogens (primary N) is 1. The molecule has 2 aromatic rings. The van der Waals surface area contributed by atoms with E-state index >= 15 is 0 Å². The molecular formula is C21H26ClF3N4O2. The summed E-state index contributed by atoms with van der Waals surface area (Å²) >= 11 is 0. The van der Waals surface area contributed by atoms with E-state index in [0.717, 1.165) is 23.6 Å². The Labute approximate surface area is 189 Å². The smallest absolute Gasteiger partial charge is 0.433 e. The van der Waals surface area contributed by atoms with Crippen LogP contribution in [0.4, 0.5) is 13.2 Å². The predicted molar refractivity (Wildman–Crippen MR) is 111 cm³/mol. The number of amides is 1. The number of ether oxygens (including phenoxy) is 1. The van der Waals surface area contributed by atoms with E-state index in [1.807, 2.05) is 0 Å². The number of hydrogen-bond acceptors (Lipinski definition) is 4. The van der Waals surface area contributed by atoms with Gasteiger partial charge in [0.2, 0.25) is 5.91 Å². The van der Waals surface area contributed by atoms with Crippen molar-refractivity contribution in [3.63, 3.8) is 0 Å². The van der Waals surface area contributed by atoms with Crippen molar-refractivity contribution in [1.29, 1.82) is 0 Å². The maximum absolute atomic E-state index is 13.5. The Balaban J connectivity index is 0.00000324. The van der Waals surface area contributed by atoms with Crippen LogP contribution in [0.15, 0.2) is 24.3 Å². The van der Waals surface area contributed by atoms with Crippen molar-refractivity contribution in [2.24, 2.45) is 5.73 Å². The highest BCUT2D eigenvalue weighted by Gasteiger charge is 2.41. The van der Waals surface area contributed by atoms with Crippen LogP contribution in [0.5, 0.6) is 5.75 Å². The summed E-state index contributed by atoms with van der Waals surface area (Å²) in [4.78, 5) is 14.6. The molecule has 1 saturated carbocycles. The number of benzene rings is 1. The molecule has 2 atom stereocenters. The lowest BCUT2D eigenvalue weighted by Crippen LogP contribution is -2.38. The van der Waals surface area contributed by atoms with Crippen molar-refractivity contribution < 1.29 is 26.8 Å². The average molecular weight is 462 g/mol. The first-order valence-corrected chi connectivity index (χ1v) is 9.83. The molecule has 1 aliphatic carbocycles. The number of carbonyl (C=O) groups excluding carboxylic acids is 1. The van der Waals surface area contributed by atoms with Gasteiger partial charge in [-0.25, -0.2) is 0 Å². The number of aromatic nitrogens is 2. The van der Waals surface area contributed by atoms with Crippen LogP contribution in [0, 0.1) is 6.92 Å². The Bertz CT molecular complexity index is 1060. The van der Waals surface area contributed by atoms with Gasteiger partial charge in [0.05, 0.1) is 22.9 Å². The molecule has 0 radical (unpaired) electrons. The zero-order valence-corrected chi connectivity index (χ0v) is 17.7. The minimum atomic E-state index is -4.63. The number of methoxy groups -OCH3 is 1. The van der Waals surface area contributed by atoms with Crippen LogP contribution >= 0.6 is 12.4 Å². The molecule has 2 aliphatic rings. The predicted octanol–water partition coefficient (Wildman–Crippen LogP) is 3.82. The van der Waals surface area contributed by atoms with E-state index in [1.54, 1.807) is 19.1 Å². The van der Waals surface area contributed by atoms with Gasteiger partial charge in [-0.3, -0.25) is 9.48 Å². The molecule has 1 aliphatic heterocycles. The standard InChI is InChI=1S/C21H25F3N4O2.ClH/c1-12-14(4-3-5-17(12)30-2)20-15(25)8-9-27(20)19(29)11-28-18(21(22,23)24)10-16(26-28)13-6-7-13;/h3-5,10,13,15,20H,6-9,11,25H2,1-2H3;1H/t15-,20-;/m1./s1/i2D3;. The summed E-state index contributed by atoms with van der Waals surface area (Å²) in [7, 11) is -2.65. The van der Waals surface area contributed by atoms with Gasteiger partial charge in [-0.05, 0) is 49.4 Å². The third-order valence-electron chi connectivity index (χ3n) is 5.89. The van der Waals surface area contributed by atoms with Crippen molar-refractivity contribution in [3.05, 3.63) is 46.8 Å². The number of rotatable bonds is 5. The van der Waals surface area contributed by atoms with Gasteiger partial charge in [0.25, 0.3) is 0 Å². The van der Waals surface area contributed by atoms with Gasteiger partial charge in [-0.15, -0.1) is 12.4 Å². The monoisotopic (exact) mass is 461 g/mol. The Morgan fingerprint density at radius 1 is 1.35 bits per heavy atom. The highest BCUT2D eigenvalue weighted by molar-refractivity contribution is 5.85. The second kappa shape index (κ2) is 8.70. The minimum Gasteiger partial charge on any atom is -0.496 e. The lowest BCUT2D eigenvalue weighted by molar-refractivity contribution is -0.146. The Morgan fingerprint density at radius 2 is 2.10 bits per heavy atom. The molecule has 1 saturated heterocycles. The molecule has 2 fully saturated rings. The first-order valence-electron chi connectivity index (χ1n) is 11.3. The van der Waals surface area contributed by atoms with Crippen LogP contribution < -0.4 is 10.5 Å². The Kier molecular flexibility index (Phi) is 5.45. The van der Waals surface area contributed by atoms with Crippen molar-refractivity contribution in [3.8, 4) is 5.75 Å². The molecule has 1 amide bonds. The van der Waals surface area contributed by atoms with Crippen molar-refractivity contribution >= 4 is 18.3 Å². The third-order valence-corrected chi connectivity index (χ3v) is 5.89. The second-order valence-corrected chi connectivity index (χ2v) is 7.94. The SMILES string of the molecule is Cl.[2H]C([2H])([2H])Oc1cccc([C@@H]2[C@H](N)CCN2C(=O)Cn2nc(C3CC3)cc2C(F)(F)F)c1C. The van der Waals surface area contributed by atoms with E-state index in [-0.39, 0.29) is 30.6 Å². The quantitative estimate of drug-likeness (QED) is 0.734. The van der Waals surface area contributed by atoms with Crippen molar-refractivity contribution in [1.82, 2.24) is 14.7 Å². The molecule has 0 spiro atoms. The topological polar surface area (TPSA) is 73.4 Å². The van der Waals surface area contributed by atoms with Gasteiger partial charge >= 0.3 is 6.18 Å². The lowest BCUT2D eigenvalue weighted by atomic mass is 9.95. The minimum absolute atomic E-state index is 0. The van der Waals surface area contributed by atoms with Gasteiger partial charge in [0.1, 0.15) is 18.0 Å². The number of nitrogens with zero attached hydrogens (tertiary/aromatic N) is 3. The molecule has 6 nitrogen and oxygen atoms in total. The molecule has 2 heterocycles. The van der Waals surface area contributed by atoms with E-state index in [2.05, 4.69) is 5.10 Å². The van der Waals surface area contributed by atoms with E-state index in [9.17, 15) is 18.0 Å². The van der Waals surface area contributed by atoms with Gasteiger partial charge < -0.3 is 15.4 Å². The fourth-order valence-corrected chi connectivity index (χ4v) is 4.14. The number of carbonyl (C=O) groups is 1. The number of likely N-dealkylation sites (tertiary alicyclic amines) is 1. The maximum Gasteiger partial charge on any atom is 0.433 e. The largest absolute Gasteiger partial charge is 0.496 e. The van der Waals surface area contributed by atoms with Crippen molar-refractivity contribution in [2.45, 2.75) is 56.9 Å². The summed E-state index contributed by atoms with van der Waals surface area (Å²) in [6.45, 7) is 1.38. The maximum atomic E-state index is 13.5. The molecule has 4 rings (SSSR count). The van der Waals surface area contributed by atoms with Gasteiger partial charge in [-0.2, -0.15) is 18.3 Å². The third kappa shape index (κ3) is 4.52. The molecule has 10 heteroatoms. The van der Waals surface area contributed by atoms with E-state index in [0.29, 0.717) is 23.2 Å². The molecular weight excluding hydrogens is 433 g/mol. The number of hydrogen-bond donors (Lipinski definition) is 1. The second-order valence-electron chi connectivity index (χ2n) is 7.94. The van der Waals surface area contributed by atoms with Gasteiger partial charge in [-0.1, -0.05) is 12.1 Å². The number of halogens is 4. The van der Waals surface area contributed by atoms with Crippen LogP contribution in [0.25, 0.3) is 0 Å². The van der Waals surface area contributed by atoms with Crippen LogP contribution in [0.3, 0.4) is 0 Å². The highest BCUT2D eigenvalue weighted by atomic mass is 35.5. The number of alkyl halides is 3. The normalized spacial score (nSPS) is 23.0. The zero-order chi connectivity index (χ0) is 24.1. The average Bonchev–Trinajstić information content (AvgIpc) is 3.34. The fraction of sp³-hybridized carbons (Fsp3) is 0.524. The highest BCUT2D eigenvalue weighted by Crippen LogP contribution is 2.42.